The van der Waals surface area contributed by atoms with Crippen LogP contribution in [0.15, 0.2) is 24.5 Å². The summed E-state index contributed by atoms with van der Waals surface area (Å²) in [5.74, 6) is 1.73. The van der Waals surface area contributed by atoms with Crippen LogP contribution < -0.4 is 5.32 Å². The van der Waals surface area contributed by atoms with Crippen LogP contribution in [-0.2, 0) is 24.2 Å². The monoisotopic (exact) mass is 256 g/mol. The highest BCUT2D eigenvalue weighted by Crippen LogP contribution is 2.22. The number of anilines is 1. The minimum absolute atomic E-state index is 0.598. The molecule has 1 aliphatic heterocycles. The molecule has 0 aliphatic carbocycles. The Kier molecular flexibility index (Phi) is 3.37. The van der Waals surface area contributed by atoms with Crippen molar-refractivity contribution in [3.63, 3.8) is 0 Å². The van der Waals surface area contributed by atoms with E-state index in [2.05, 4.69) is 20.3 Å². The molecule has 0 fully saturated rings. The van der Waals surface area contributed by atoms with Crippen molar-refractivity contribution in [2.45, 2.75) is 19.4 Å². The van der Waals surface area contributed by atoms with Crippen molar-refractivity contribution < 1.29 is 4.74 Å². The summed E-state index contributed by atoms with van der Waals surface area (Å²) < 4.78 is 5.47. The van der Waals surface area contributed by atoms with E-state index in [1.54, 1.807) is 12.4 Å². The van der Waals surface area contributed by atoms with Gasteiger partial charge in [-0.2, -0.15) is 0 Å². The van der Waals surface area contributed by atoms with Crippen molar-refractivity contribution in [1.29, 1.82) is 0 Å². The van der Waals surface area contributed by atoms with Gasteiger partial charge >= 0.3 is 0 Å². The second kappa shape index (κ2) is 5.32. The van der Waals surface area contributed by atoms with E-state index in [4.69, 9.17) is 4.74 Å². The minimum atomic E-state index is 0.598. The zero-order valence-corrected chi connectivity index (χ0v) is 10.9. The van der Waals surface area contributed by atoms with Crippen molar-refractivity contribution in [3.05, 3.63) is 47.2 Å². The first kappa shape index (κ1) is 12.0. The fourth-order valence-corrected chi connectivity index (χ4v) is 2.25. The summed E-state index contributed by atoms with van der Waals surface area (Å²) in [5, 5.41) is 3.14. The maximum absolute atomic E-state index is 5.47. The molecule has 5 nitrogen and oxygen atoms in total. The van der Waals surface area contributed by atoms with Gasteiger partial charge in [-0.05, 0) is 17.7 Å². The lowest BCUT2D eigenvalue weighted by Crippen LogP contribution is -2.17. The molecule has 0 spiro atoms. The molecule has 1 aliphatic rings. The Bertz CT molecular complexity index is 554. The number of fused-ring (bicyclic) bond motifs is 1. The SMILES string of the molecule is CNc1nc(Cc2ccncc2)nc2c1COCC2. The highest BCUT2D eigenvalue weighted by atomic mass is 16.5. The van der Waals surface area contributed by atoms with Gasteiger partial charge in [-0.25, -0.2) is 9.97 Å². The van der Waals surface area contributed by atoms with Crippen molar-refractivity contribution in [2.75, 3.05) is 19.0 Å². The fraction of sp³-hybridized carbons (Fsp3) is 0.357. The van der Waals surface area contributed by atoms with E-state index >= 15 is 0 Å². The van der Waals surface area contributed by atoms with E-state index < -0.39 is 0 Å². The molecule has 5 heteroatoms. The third-order valence-corrected chi connectivity index (χ3v) is 3.22. The fourth-order valence-electron chi connectivity index (χ4n) is 2.25. The van der Waals surface area contributed by atoms with Crippen LogP contribution in [0.4, 0.5) is 5.82 Å². The van der Waals surface area contributed by atoms with Gasteiger partial charge < -0.3 is 10.1 Å². The summed E-state index contributed by atoms with van der Waals surface area (Å²) in [4.78, 5) is 13.3. The van der Waals surface area contributed by atoms with Crippen LogP contribution in [0.25, 0.3) is 0 Å². The molecule has 0 amide bonds. The quantitative estimate of drug-likeness (QED) is 0.903. The van der Waals surface area contributed by atoms with Crippen LogP contribution in [0, 0.1) is 0 Å². The molecule has 0 bridgehead atoms. The lowest BCUT2D eigenvalue weighted by atomic mass is 10.1. The van der Waals surface area contributed by atoms with Crippen molar-refractivity contribution >= 4 is 5.82 Å². The van der Waals surface area contributed by atoms with Gasteiger partial charge in [0.25, 0.3) is 0 Å². The number of nitrogens with one attached hydrogen (secondary N) is 1. The summed E-state index contributed by atoms with van der Waals surface area (Å²) in [6, 6.07) is 3.98. The Balaban J connectivity index is 1.94. The number of hydrogen-bond acceptors (Lipinski definition) is 5. The predicted molar refractivity (Wildman–Crippen MR) is 72.0 cm³/mol. The van der Waals surface area contributed by atoms with Crippen LogP contribution in [-0.4, -0.2) is 28.6 Å². The molecule has 0 atom stereocenters. The highest BCUT2D eigenvalue weighted by molar-refractivity contribution is 5.47. The summed E-state index contributed by atoms with van der Waals surface area (Å²) in [6.45, 7) is 1.34. The van der Waals surface area contributed by atoms with Gasteiger partial charge in [-0.3, -0.25) is 4.98 Å². The molecular weight excluding hydrogens is 240 g/mol. The molecule has 2 aromatic rings. The molecule has 19 heavy (non-hydrogen) atoms. The minimum Gasteiger partial charge on any atom is -0.376 e. The van der Waals surface area contributed by atoms with Crippen molar-refractivity contribution in [1.82, 2.24) is 15.0 Å². The Morgan fingerprint density at radius 3 is 2.89 bits per heavy atom. The second-order valence-electron chi connectivity index (χ2n) is 4.50. The van der Waals surface area contributed by atoms with Gasteiger partial charge in [0, 0.05) is 37.8 Å². The van der Waals surface area contributed by atoms with Gasteiger partial charge in [-0.15, -0.1) is 0 Å². The van der Waals surface area contributed by atoms with Crippen LogP contribution in [0.3, 0.4) is 0 Å². The first-order chi connectivity index (χ1) is 9.36. The smallest absolute Gasteiger partial charge is 0.135 e. The van der Waals surface area contributed by atoms with E-state index in [0.29, 0.717) is 6.61 Å². The average molecular weight is 256 g/mol. The number of hydrogen-bond donors (Lipinski definition) is 1. The van der Waals surface area contributed by atoms with Gasteiger partial charge in [0.15, 0.2) is 0 Å². The summed E-state index contributed by atoms with van der Waals surface area (Å²) >= 11 is 0. The predicted octanol–water partition coefficient (Wildman–Crippen LogP) is 1.58. The van der Waals surface area contributed by atoms with E-state index in [0.717, 1.165) is 42.3 Å². The van der Waals surface area contributed by atoms with E-state index in [9.17, 15) is 0 Å². The molecule has 3 rings (SSSR count). The maximum atomic E-state index is 5.47. The van der Waals surface area contributed by atoms with E-state index in [1.807, 2.05) is 19.2 Å². The molecule has 1 N–H and O–H groups in total. The van der Waals surface area contributed by atoms with Gasteiger partial charge in [0.1, 0.15) is 11.6 Å². The summed E-state index contributed by atoms with van der Waals surface area (Å²) in [5.41, 5.74) is 3.37. The maximum Gasteiger partial charge on any atom is 0.135 e. The number of aromatic nitrogens is 3. The van der Waals surface area contributed by atoms with Crippen LogP contribution in [0.5, 0.6) is 0 Å². The highest BCUT2D eigenvalue weighted by Gasteiger charge is 2.17. The first-order valence-corrected chi connectivity index (χ1v) is 6.40. The number of pyridine rings is 1. The molecule has 0 radical (unpaired) electrons. The van der Waals surface area contributed by atoms with Crippen LogP contribution in [0.2, 0.25) is 0 Å². The van der Waals surface area contributed by atoms with Crippen LogP contribution in [0.1, 0.15) is 22.6 Å². The lowest BCUT2D eigenvalue weighted by Gasteiger charge is -2.19. The van der Waals surface area contributed by atoms with Crippen molar-refractivity contribution in [2.24, 2.45) is 0 Å². The topological polar surface area (TPSA) is 59.9 Å². The molecule has 3 heterocycles. The average Bonchev–Trinajstić information content (AvgIpc) is 2.47. The number of rotatable bonds is 3. The van der Waals surface area contributed by atoms with Crippen LogP contribution >= 0.6 is 0 Å². The Morgan fingerprint density at radius 2 is 2.11 bits per heavy atom. The Labute approximate surface area is 112 Å². The van der Waals surface area contributed by atoms with E-state index in [-0.39, 0.29) is 0 Å². The number of nitrogens with zero attached hydrogens (tertiary/aromatic N) is 3. The number of ether oxygens (including phenoxy) is 1. The zero-order valence-electron chi connectivity index (χ0n) is 10.9. The zero-order chi connectivity index (χ0) is 13.1. The normalized spacial score (nSPS) is 13.9. The molecular formula is C14H16N4O. The van der Waals surface area contributed by atoms with Gasteiger partial charge in [0.05, 0.1) is 18.9 Å². The molecule has 2 aromatic heterocycles. The summed E-state index contributed by atoms with van der Waals surface area (Å²) in [7, 11) is 1.88. The van der Waals surface area contributed by atoms with Gasteiger partial charge in [0.2, 0.25) is 0 Å². The standard InChI is InChI=1S/C14H16N4O/c1-15-14-11-9-19-7-4-12(11)17-13(18-14)8-10-2-5-16-6-3-10/h2-3,5-6H,4,7-9H2,1H3,(H,15,17,18). The molecule has 0 unspecified atom stereocenters. The third kappa shape index (κ3) is 2.56. The molecule has 98 valence electrons. The first-order valence-electron chi connectivity index (χ1n) is 6.40. The Hall–Kier alpha value is -2.01. The molecule has 0 saturated carbocycles. The lowest BCUT2D eigenvalue weighted by molar-refractivity contribution is 0.109. The molecule has 0 saturated heterocycles. The third-order valence-electron chi connectivity index (χ3n) is 3.22. The molecule has 0 aromatic carbocycles. The summed E-state index contributed by atoms with van der Waals surface area (Å²) in [6.07, 6.45) is 5.17. The van der Waals surface area contributed by atoms with E-state index in [1.165, 1.54) is 5.56 Å². The van der Waals surface area contributed by atoms with Crippen molar-refractivity contribution in [3.8, 4) is 0 Å². The largest absolute Gasteiger partial charge is 0.376 e. The second-order valence-corrected chi connectivity index (χ2v) is 4.50. The van der Waals surface area contributed by atoms with Gasteiger partial charge in [-0.1, -0.05) is 0 Å². The Morgan fingerprint density at radius 1 is 1.26 bits per heavy atom.